The van der Waals surface area contributed by atoms with E-state index in [2.05, 4.69) is 16.7 Å². The third-order valence-corrected chi connectivity index (χ3v) is 4.42. The van der Waals surface area contributed by atoms with E-state index >= 15 is 0 Å². The number of nitrogens with zero attached hydrogens (tertiary/aromatic N) is 3. The molecule has 150 valence electrons. The molecule has 0 saturated carbocycles. The SMILES string of the molecule is C=CCN(Cc1nc(-c2ccc(OC)c(OC)c2)no1)C(=O)c1ccc(Cl)cc1. The highest BCUT2D eigenvalue weighted by Crippen LogP contribution is 2.31. The van der Waals surface area contributed by atoms with Crippen LogP contribution in [0.2, 0.25) is 5.02 Å². The van der Waals surface area contributed by atoms with E-state index < -0.39 is 0 Å². The Morgan fingerprint density at radius 3 is 2.55 bits per heavy atom. The molecule has 7 nitrogen and oxygen atoms in total. The van der Waals surface area contributed by atoms with Gasteiger partial charge in [0.15, 0.2) is 11.5 Å². The molecule has 2 aromatic carbocycles. The fraction of sp³-hybridized carbons (Fsp3) is 0.190. The molecule has 29 heavy (non-hydrogen) atoms. The van der Waals surface area contributed by atoms with Gasteiger partial charge >= 0.3 is 0 Å². The van der Waals surface area contributed by atoms with E-state index in [0.29, 0.717) is 45.9 Å². The van der Waals surface area contributed by atoms with Gasteiger partial charge in [-0.25, -0.2) is 0 Å². The number of amides is 1. The Labute approximate surface area is 173 Å². The average molecular weight is 414 g/mol. The van der Waals surface area contributed by atoms with Crippen molar-refractivity contribution >= 4 is 17.5 Å². The maximum Gasteiger partial charge on any atom is 0.254 e. The highest BCUT2D eigenvalue weighted by molar-refractivity contribution is 6.30. The van der Waals surface area contributed by atoms with Gasteiger partial charge < -0.3 is 18.9 Å². The van der Waals surface area contributed by atoms with E-state index in [1.54, 1.807) is 67.7 Å². The van der Waals surface area contributed by atoms with E-state index in [4.69, 9.17) is 25.6 Å². The molecule has 8 heteroatoms. The third-order valence-electron chi connectivity index (χ3n) is 4.16. The van der Waals surface area contributed by atoms with Gasteiger partial charge in [0, 0.05) is 22.7 Å². The summed E-state index contributed by atoms with van der Waals surface area (Å²) in [6.45, 7) is 4.19. The van der Waals surface area contributed by atoms with E-state index in [9.17, 15) is 4.79 Å². The quantitative estimate of drug-likeness (QED) is 0.514. The molecule has 0 N–H and O–H groups in total. The number of halogens is 1. The molecular formula is C21H20ClN3O4. The second-order valence-corrected chi connectivity index (χ2v) is 6.50. The van der Waals surface area contributed by atoms with Gasteiger partial charge in [0.1, 0.15) is 6.54 Å². The lowest BCUT2D eigenvalue weighted by Gasteiger charge is -2.19. The van der Waals surface area contributed by atoms with E-state index in [1.165, 1.54) is 0 Å². The number of carbonyl (C=O) groups excluding carboxylic acids is 1. The number of rotatable bonds is 8. The van der Waals surface area contributed by atoms with Gasteiger partial charge in [0.25, 0.3) is 5.91 Å². The predicted molar refractivity (Wildman–Crippen MR) is 109 cm³/mol. The summed E-state index contributed by atoms with van der Waals surface area (Å²) in [5, 5.41) is 4.57. The van der Waals surface area contributed by atoms with Crippen molar-refractivity contribution < 1.29 is 18.8 Å². The van der Waals surface area contributed by atoms with Gasteiger partial charge in [-0.2, -0.15) is 4.98 Å². The zero-order valence-corrected chi connectivity index (χ0v) is 16.8. The number of hydrogen-bond donors (Lipinski definition) is 0. The summed E-state index contributed by atoms with van der Waals surface area (Å²) in [5.74, 6) is 1.66. The lowest BCUT2D eigenvalue weighted by molar-refractivity contribution is 0.0745. The summed E-state index contributed by atoms with van der Waals surface area (Å²) in [4.78, 5) is 18.8. The maximum absolute atomic E-state index is 12.8. The first kappa shape index (κ1) is 20.4. The van der Waals surface area contributed by atoms with Gasteiger partial charge in [-0.05, 0) is 42.5 Å². The minimum Gasteiger partial charge on any atom is -0.493 e. The Bertz CT molecular complexity index is 1000. The van der Waals surface area contributed by atoms with Gasteiger partial charge in [-0.15, -0.1) is 6.58 Å². The molecule has 1 heterocycles. The Hall–Kier alpha value is -3.32. The third kappa shape index (κ3) is 4.75. The maximum atomic E-state index is 12.8. The van der Waals surface area contributed by atoms with Gasteiger partial charge in [0.05, 0.1) is 14.2 Å². The van der Waals surface area contributed by atoms with Crippen LogP contribution >= 0.6 is 11.6 Å². The van der Waals surface area contributed by atoms with E-state index in [-0.39, 0.29) is 12.5 Å². The van der Waals surface area contributed by atoms with Crippen molar-refractivity contribution in [1.29, 1.82) is 0 Å². The van der Waals surface area contributed by atoms with Crippen LogP contribution in [0.25, 0.3) is 11.4 Å². The number of carbonyl (C=O) groups is 1. The minimum atomic E-state index is -0.188. The van der Waals surface area contributed by atoms with Crippen LogP contribution in [0.5, 0.6) is 11.5 Å². The van der Waals surface area contributed by atoms with Gasteiger partial charge in [-0.1, -0.05) is 22.8 Å². The normalized spacial score (nSPS) is 10.4. The van der Waals surface area contributed by atoms with Crippen molar-refractivity contribution in [1.82, 2.24) is 15.0 Å². The fourth-order valence-electron chi connectivity index (χ4n) is 2.73. The van der Waals surface area contributed by atoms with Crippen LogP contribution < -0.4 is 9.47 Å². The fourth-order valence-corrected chi connectivity index (χ4v) is 2.85. The average Bonchev–Trinajstić information content (AvgIpc) is 3.21. The summed E-state index contributed by atoms with van der Waals surface area (Å²) < 4.78 is 15.9. The molecule has 3 aromatic rings. The van der Waals surface area contributed by atoms with Crippen molar-refractivity contribution in [3.05, 3.63) is 71.6 Å². The van der Waals surface area contributed by atoms with Crippen molar-refractivity contribution in [3.63, 3.8) is 0 Å². The number of methoxy groups -OCH3 is 2. The van der Waals surface area contributed by atoms with Crippen LogP contribution in [0.3, 0.4) is 0 Å². The molecule has 1 aromatic heterocycles. The Balaban J connectivity index is 1.80. The van der Waals surface area contributed by atoms with Crippen molar-refractivity contribution in [2.75, 3.05) is 20.8 Å². The molecular weight excluding hydrogens is 394 g/mol. The van der Waals surface area contributed by atoms with Crippen molar-refractivity contribution in [2.45, 2.75) is 6.54 Å². The lowest BCUT2D eigenvalue weighted by atomic mass is 10.2. The van der Waals surface area contributed by atoms with E-state index in [1.807, 2.05) is 0 Å². The molecule has 0 bridgehead atoms. The van der Waals surface area contributed by atoms with Crippen LogP contribution in [0.4, 0.5) is 0 Å². The largest absolute Gasteiger partial charge is 0.493 e. The van der Waals surface area contributed by atoms with Crippen molar-refractivity contribution in [2.24, 2.45) is 0 Å². The number of aromatic nitrogens is 2. The first-order valence-electron chi connectivity index (χ1n) is 8.76. The zero-order valence-electron chi connectivity index (χ0n) is 16.1. The standard InChI is InChI=1S/C21H20ClN3O4/c1-4-11-25(21(26)14-5-8-16(22)9-6-14)13-19-23-20(24-29-19)15-7-10-17(27-2)18(12-15)28-3/h4-10,12H,1,11,13H2,2-3H3. The number of hydrogen-bond acceptors (Lipinski definition) is 6. The topological polar surface area (TPSA) is 77.7 Å². The second-order valence-electron chi connectivity index (χ2n) is 6.06. The van der Waals surface area contributed by atoms with Crippen LogP contribution in [-0.2, 0) is 6.54 Å². The minimum absolute atomic E-state index is 0.147. The van der Waals surface area contributed by atoms with Crippen molar-refractivity contribution in [3.8, 4) is 22.9 Å². The van der Waals surface area contributed by atoms with Crippen LogP contribution in [0.15, 0.2) is 59.6 Å². The second kappa shape index (κ2) is 9.25. The molecule has 0 saturated heterocycles. The Kier molecular flexibility index (Phi) is 6.51. The Morgan fingerprint density at radius 2 is 1.90 bits per heavy atom. The van der Waals surface area contributed by atoms with Crippen LogP contribution in [-0.4, -0.2) is 41.7 Å². The smallest absolute Gasteiger partial charge is 0.254 e. The van der Waals surface area contributed by atoms with Crippen LogP contribution in [0, 0.1) is 0 Å². The van der Waals surface area contributed by atoms with Gasteiger partial charge in [0.2, 0.25) is 11.7 Å². The molecule has 0 aliphatic rings. The lowest BCUT2D eigenvalue weighted by Crippen LogP contribution is -2.30. The first-order valence-corrected chi connectivity index (χ1v) is 9.14. The summed E-state index contributed by atoms with van der Waals surface area (Å²) in [7, 11) is 3.12. The predicted octanol–water partition coefficient (Wildman–Crippen LogP) is 4.24. The molecule has 0 spiro atoms. The van der Waals surface area contributed by atoms with Crippen LogP contribution in [0.1, 0.15) is 16.2 Å². The number of benzene rings is 2. The van der Waals surface area contributed by atoms with Gasteiger partial charge in [-0.3, -0.25) is 4.79 Å². The molecule has 0 fully saturated rings. The zero-order chi connectivity index (χ0) is 20.8. The Morgan fingerprint density at radius 1 is 1.17 bits per heavy atom. The number of ether oxygens (including phenoxy) is 2. The summed E-state index contributed by atoms with van der Waals surface area (Å²) in [5.41, 5.74) is 1.22. The molecule has 3 rings (SSSR count). The molecule has 0 aliphatic heterocycles. The van der Waals surface area contributed by atoms with E-state index in [0.717, 1.165) is 0 Å². The monoisotopic (exact) mass is 413 g/mol. The summed E-state index contributed by atoms with van der Waals surface area (Å²) >= 11 is 5.90. The highest BCUT2D eigenvalue weighted by Gasteiger charge is 2.19. The molecule has 0 radical (unpaired) electrons. The molecule has 0 atom stereocenters. The molecule has 1 amide bonds. The highest BCUT2D eigenvalue weighted by atomic mass is 35.5. The summed E-state index contributed by atoms with van der Waals surface area (Å²) in [6.07, 6.45) is 1.64. The summed E-state index contributed by atoms with van der Waals surface area (Å²) in [6, 6.07) is 12.0. The first-order chi connectivity index (χ1) is 14.0. The molecule has 0 unspecified atom stereocenters. The molecule has 0 aliphatic carbocycles.